The van der Waals surface area contributed by atoms with Crippen LogP contribution in [0.15, 0.2) is 0 Å². The van der Waals surface area contributed by atoms with Gasteiger partial charge in [0.25, 0.3) is 0 Å². The van der Waals surface area contributed by atoms with E-state index in [2.05, 4.69) is 25.6 Å². The lowest BCUT2D eigenvalue weighted by molar-refractivity contribution is -0.138. The molecule has 0 fully saturated rings. The molecule has 0 aliphatic heterocycles. The van der Waals surface area contributed by atoms with Gasteiger partial charge in [-0.05, 0) is 11.1 Å². The molecule has 0 amide bonds. The number of carbonyl (C=O) groups is 1. The van der Waals surface area contributed by atoms with E-state index in [1.54, 1.807) is 0 Å². The minimum atomic E-state index is -0.596. The molecule has 0 aliphatic rings. The summed E-state index contributed by atoms with van der Waals surface area (Å²) in [6.45, 7) is 6.81. The van der Waals surface area contributed by atoms with E-state index in [0.717, 1.165) is 21.8 Å². The van der Waals surface area contributed by atoms with Gasteiger partial charge in [0.15, 0.2) is 0 Å². The van der Waals surface area contributed by atoms with Crippen molar-refractivity contribution in [1.82, 2.24) is 0 Å². The second kappa shape index (κ2) is 5.67. The Labute approximate surface area is 80.7 Å². The molecule has 0 rings (SSSR count). The van der Waals surface area contributed by atoms with Gasteiger partial charge in [-0.2, -0.15) is 4.79 Å². The van der Waals surface area contributed by atoms with Crippen molar-refractivity contribution in [2.75, 3.05) is 6.61 Å². The molecule has 5 heteroatoms. The molecule has 0 unspecified atom stereocenters. The number of hydrogen-bond acceptors (Lipinski definition) is 2. The molecule has 0 aliphatic carbocycles. The molecule has 0 aromatic carbocycles. The Morgan fingerprint density at radius 2 is 2.23 bits per heavy atom. The number of esters is 1. The zero-order valence-electron chi connectivity index (χ0n) is 8.20. The van der Waals surface area contributed by atoms with Gasteiger partial charge < -0.3 is 10.3 Å². The van der Waals surface area contributed by atoms with Gasteiger partial charge in [-0.25, -0.2) is 4.79 Å². The van der Waals surface area contributed by atoms with Crippen LogP contribution in [0.2, 0.25) is 11.1 Å². The summed E-state index contributed by atoms with van der Waals surface area (Å²) in [7, 11) is 0.759. The zero-order valence-corrected chi connectivity index (χ0v) is 9.20. The van der Waals surface area contributed by atoms with Crippen LogP contribution >= 0.6 is 0 Å². The molecule has 72 valence electrons. The molecular weight excluding hydrogens is 184 g/mol. The Morgan fingerprint density at radius 1 is 1.62 bits per heavy atom. The molecular formula is C8H14N2O2Si. The standard InChI is InChI=1S/C8H14N2O2Si/c1-8(2,3)13-5-4-12-7(11)6-10-9/h6H,4-5H2,1-3H3. The van der Waals surface area contributed by atoms with Crippen LogP contribution in [0.25, 0.3) is 5.53 Å². The van der Waals surface area contributed by atoms with Gasteiger partial charge in [-0.3, -0.25) is 0 Å². The van der Waals surface area contributed by atoms with Crippen molar-refractivity contribution in [3.05, 3.63) is 5.53 Å². The van der Waals surface area contributed by atoms with E-state index < -0.39 is 5.97 Å². The van der Waals surface area contributed by atoms with Crippen LogP contribution in [0.3, 0.4) is 0 Å². The highest BCUT2D eigenvalue weighted by Gasteiger charge is 2.11. The largest absolute Gasteiger partial charge is 0.458 e. The third-order valence-electron chi connectivity index (χ3n) is 1.16. The normalized spacial score (nSPS) is 10.4. The maximum atomic E-state index is 10.6. The van der Waals surface area contributed by atoms with E-state index in [1.807, 2.05) is 0 Å². The van der Waals surface area contributed by atoms with E-state index in [1.165, 1.54) is 0 Å². The van der Waals surface area contributed by atoms with Crippen molar-refractivity contribution in [3.63, 3.8) is 0 Å². The fourth-order valence-electron chi connectivity index (χ4n) is 0.662. The minimum Gasteiger partial charge on any atom is -0.458 e. The summed E-state index contributed by atoms with van der Waals surface area (Å²) in [4.78, 5) is 13.2. The van der Waals surface area contributed by atoms with E-state index >= 15 is 0 Å². The average Bonchev–Trinajstić information content (AvgIpc) is 1.97. The highest BCUT2D eigenvalue weighted by molar-refractivity contribution is 6.39. The summed E-state index contributed by atoms with van der Waals surface area (Å²) in [5.41, 5.74) is 7.99. The van der Waals surface area contributed by atoms with Crippen molar-refractivity contribution in [2.24, 2.45) is 0 Å². The predicted octanol–water partition coefficient (Wildman–Crippen LogP) is 1.17. The van der Waals surface area contributed by atoms with E-state index in [-0.39, 0.29) is 5.04 Å². The highest BCUT2D eigenvalue weighted by atomic mass is 28.2. The fourth-order valence-corrected chi connectivity index (χ4v) is 1.62. The van der Waals surface area contributed by atoms with Gasteiger partial charge in [-0.15, -0.1) is 0 Å². The molecule has 0 aromatic heterocycles. The first-order valence-corrected chi connectivity index (χ1v) is 5.25. The van der Waals surface area contributed by atoms with Gasteiger partial charge in [0.2, 0.25) is 0 Å². The Kier molecular flexibility index (Phi) is 5.26. The molecule has 0 spiro atoms. The first kappa shape index (κ1) is 12.1. The number of carbonyl (C=O) groups excluding carboxylic acids is 1. The van der Waals surface area contributed by atoms with Gasteiger partial charge >= 0.3 is 12.2 Å². The molecule has 0 aromatic rings. The Bertz CT molecular complexity index is 217. The van der Waals surface area contributed by atoms with Crippen molar-refractivity contribution in [1.29, 1.82) is 0 Å². The highest BCUT2D eigenvalue weighted by Crippen LogP contribution is 2.21. The summed E-state index contributed by atoms with van der Waals surface area (Å²) in [6.07, 6.45) is 0.750. The number of rotatable bonds is 4. The molecule has 0 bridgehead atoms. The summed E-state index contributed by atoms with van der Waals surface area (Å²) in [5.74, 6) is -0.596. The van der Waals surface area contributed by atoms with Gasteiger partial charge in [0.05, 0.1) is 6.61 Å². The van der Waals surface area contributed by atoms with Crippen molar-refractivity contribution >= 4 is 21.7 Å². The van der Waals surface area contributed by atoms with Gasteiger partial charge in [0.1, 0.15) is 0 Å². The van der Waals surface area contributed by atoms with E-state index in [9.17, 15) is 4.79 Å². The average molecular weight is 198 g/mol. The van der Waals surface area contributed by atoms with Crippen LogP contribution in [0.4, 0.5) is 0 Å². The maximum absolute atomic E-state index is 10.6. The van der Waals surface area contributed by atoms with Crippen LogP contribution in [0.5, 0.6) is 0 Å². The summed E-state index contributed by atoms with van der Waals surface area (Å²) in [5, 5.41) is 0.289. The Morgan fingerprint density at radius 3 is 2.69 bits per heavy atom. The predicted molar refractivity (Wildman–Crippen MR) is 50.9 cm³/mol. The van der Waals surface area contributed by atoms with Gasteiger partial charge in [0, 0.05) is 9.52 Å². The summed E-state index contributed by atoms with van der Waals surface area (Å²) < 4.78 is 4.74. The molecule has 4 nitrogen and oxygen atoms in total. The molecule has 0 saturated carbocycles. The SMILES string of the molecule is CC(C)(C)[Si]CCOC(=O)C=[N+]=[N-]. The number of nitrogens with zero attached hydrogens (tertiary/aromatic N) is 2. The topological polar surface area (TPSA) is 62.7 Å². The van der Waals surface area contributed by atoms with E-state index in [4.69, 9.17) is 10.3 Å². The van der Waals surface area contributed by atoms with Crippen LogP contribution in [-0.4, -0.2) is 33.1 Å². The van der Waals surface area contributed by atoms with Crippen molar-refractivity contribution < 1.29 is 14.3 Å². The van der Waals surface area contributed by atoms with Gasteiger partial charge in [-0.1, -0.05) is 20.8 Å². The zero-order chi connectivity index (χ0) is 10.3. The first-order chi connectivity index (χ1) is 5.95. The Balaban J connectivity index is 3.47. The third kappa shape index (κ3) is 8.98. The molecule has 0 N–H and O–H groups in total. The molecule has 0 heterocycles. The quantitative estimate of drug-likeness (QED) is 0.170. The molecule has 0 atom stereocenters. The number of hydrogen-bond donors (Lipinski definition) is 0. The van der Waals surface area contributed by atoms with Crippen LogP contribution in [0, 0.1) is 0 Å². The first-order valence-electron chi connectivity index (χ1n) is 4.05. The lowest BCUT2D eigenvalue weighted by Gasteiger charge is -2.15. The van der Waals surface area contributed by atoms with E-state index in [0.29, 0.717) is 6.61 Å². The minimum absolute atomic E-state index is 0.289. The fraction of sp³-hybridized carbons (Fsp3) is 0.750. The second-order valence-electron chi connectivity index (χ2n) is 3.59. The summed E-state index contributed by atoms with van der Waals surface area (Å²) >= 11 is 0. The summed E-state index contributed by atoms with van der Waals surface area (Å²) in [6, 6.07) is 0.856. The van der Waals surface area contributed by atoms with Crippen molar-refractivity contribution in [2.45, 2.75) is 31.9 Å². The lowest BCUT2D eigenvalue weighted by Crippen LogP contribution is -2.13. The van der Waals surface area contributed by atoms with Crippen LogP contribution < -0.4 is 0 Å². The third-order valence-corrected chi connectivity index (χ3v) is 2.68. The van der Waals surface area contributed by atoms with Crippen molar-refractivity contribution in [3.8, 4) is 0 Å². The molecule has 2 radical (unpaired) electrons. The molecule has 0 saturated heterocycles. The maximum Gasteiger partial charge on any atom is 0.413 e. The van der Waals surface area contributed by atoms with Crippen LogP contribution in [-0.2, 0) is 9.53 Å². The molecule has 13 heavy (non-hydrogen) atoms. The van der Waals surface area contributed by atoms with Crippen LogP contribution in [0.1, 0.15) is 20.8 Å². The lowest BCUT2D eigenvalue weighted by atomic mass is 10.3. The Hall–Kier alpha value is -0.933. The second-order valence-corrected chi connectivity index (χ2v) is 5.94. The smallest absolute Gasteiger partial charge is 0.413 e. The number of ether oxygens (including phenoxy) is 1. The monoisotopic (exact) mass is 198 g/mol.